The number of nitrogens with one attached hydrogen (secondary N) is 1. The van der Waals surface area contributed by atoms with Crippen molar-refractivity contribution in [3.05, 3.63) is 35.5 Å². The molecule has 0 aliphatic rings. The van der Waals surface area contributed by atoms with Gasteiger partial charge in [0.15, 0.2) is 0 Å². The second kappa shape index (κ2) is 3.63. The first kappa shape index (κ1) is 10.9. The highest BCUT2D eigenvalue weighted by Crippen LogP contribution is 2.28. The zero-order chi connectivity index (χ0) is 12.9. The average molecular weight is 240 g/mol. The van der Waals surface area contributed by atoms with E-state index in [0.29, 0.717) is 5.82 Å². The van der Waals surface area contributed by atoms with Gasteiger partial charge >= 0.3 is 0 Å². The number of rotatable bonds is 1. The molecule has 0 unspecified atom stereocenters. The molecule has 0 saturated carbocycles. The highest BCUT2D eigenvalue weighted by Gasteiger charge is 2.10. The molecule has 0 amide bonds. The predicted molar refractivity (Wildman–Crippen MR) is 74.4 cm³/mol. The maximum atomic E-state index is 5.64. The number of benzene rings is 1. The van der Waals surface area contributed by atoms with Gasteiger partial charge in [0.2, 0.25) is 0 Å². The lowest BCUT2D eigenvalue weighted by molar-refractivity contribution is 0.910. The van der Waals surface area contributed by atoms with Crippen LogP contribution in [-0.4, -0.2) is 14.8 Å². The van der Waals surface area contributed by atoms with Crippen LogP contribution in [0.3, 0.4) is 0 Å². The molecule has 4 heteroatoms. The third-order valence-electron chi connectivity index (χ3n) is 3.72. The number of H-pyrrole nitrogens is 1. The minimum Gasteiger partial charge on any atom is -0.382 e. The molecule has 0 fully saturated rings. The number of nitrogens with zero attached hydrogens (tertiary/aromatic N) is 2. The molecule has 0 aliphatic carbocycles. The molecule has 0 radical (unpaired) electrons. The standard InChI is InChI=1S/C14H16N4/c1-8-9(2)18(3)13-6-10(4-5-11(8)13)12-7-14(15)17-16-12/h4-7H,1-3H3,(H3,15,16,17). The van der Waals surface area contributed by atoms with E-state index in [1.54, 1.807) is 0 Å². The van der Waals surface area contributed by atoms with Crippen LogP contribution in [0.5, 0.6) is 0 Å². The number of anilines is 1. The lowest BCUT2D eigenvalue weighted by Gasteiger charge is -2.01. The molecule has 3 aromatic rings. The number of hydrogen-bond acceptors (Lipinski definition) is 2. The zero-order valence-corrected chi connectivity index (χ0v) is 10.8. The molecule has 0 bridgehead atoms. The van der Waals surface area contributed by atoms with Crippen LogP contribution in [0.4, 0.5) is 5.82 Å². The molecular formula is C14H16N4. The molecule has 3 rings (SSSR count). The molecule has 0 atom stereocenters. The van der Waals surface area contributed by atoms with Gasteiger partial charge in [0, 0.05) is 35.3 Å². The third-order valence-corrected chi connectivity index (χ3v) is 3.72. The lowest BCUT2D eigenvalue weighted by Crippen LogP contribution is -1.90. The van der Waals surface area contributed by atoms with Crippen LogP contribution in [0, 0.1) is 13.8 Å². The summed E-state index contributed by atoms with van der Waals surface area (Å²) < 4.78 is 2.22. The first-order chi connectivity index (χ1) is 8.58. The van der Waals surface area contributed by atoms with Crippen LogP contribution in [0.15, 0.2) is 24.3 Å². The Hall–Kier alpha value is -2.23. The van der Waals surface area contributed by atoms with Crippen molar-refractivity contribution < 1.29 is 0 Å². The number of hydrogen-bond donors (Lipinski definition) is 2. The Bertz CT molecular complexity index is 734. The van der Waals surface area contributed by atoms with Gasteiger partial charge in [-0.25, -0.2) is 0 Å². The van der Waals surface area contributed by atoms with Gasteiger partial charge < -0.3 is 10.3 Å². The normalized spacial score (nSPS) is 11.3. The monoisotopic (exact) mass is 240 g/mol. The maximum Gasteiger partial charge on any atom is 0.145 e. The smallest absolute Gasteiger partial charge is 0.145 e. The van der Waals surface area contributed by atoms with Gasteiger partial charge in [-0.2, -0.15) is 5.10 Å². The van der Waals surface area contributed by atoms with Crippen molar-refractivity contribution in [2.75, 3.05) is 5.73 Å². The zero-order valence-electron chi connectivity index (χ0n) is 10.8. The van der Waals surface area contributed by atoms with Crippen LogP contribution < -0.4 is 5.73 Å². The lowest BCUT2D eigenvalue weighted by atomic mass is 10.1. The Morgan fingerprint density at radius 3 is 2.67 bits per heavy atom. The van der Waals surface area contributed by atoms with Gasteiger partial charge in [0.05, 0.1) is 5.69 Å². The van der Waals surface area contributed by atoms with E-state index in [9.17, 15) is 0 Å². The molecule has 0 saturated heterocycles. The van der Waals surface area contributed by atoms with E-state index in [0.717, 1.165) is 11.3 Å². The van der Waals surface area contributed by atoms with Crippen molar-refractivity contribution in [3.8, 4) is 11.3 Å². The van der Waals surface area contributed by atoms with Gasteiger partial charge in [-0.05, 0) is 25.5 Å². The number of aryl methyl sites for hydroxylation is 2. The molecule has 3 N–H and O–H groups in total. The summed E-state index contributed by atoms with van der Waals surface area (Å²) in [7, 11) is 2.09. The van der Waals surface area contributed by atoms with Gasteiger partial charge in [-0.15, -0.1) is 0 Å². The Morgan fingerprint density at radius 1 is 1.22 bits per heavy atom. The van der Waals surface area contributed by atoms with E-state index in [1.807, 2.05) is 6.07 Å². The summed E-state index contributed by atoms with van der Waals surface area (Å²) in [5, 5.41) is 8.20. The molecule has 2 heterocycles. The first-order valence-electron chi connectivity index (χ1n) is 5.95. The average Bonchev–Trinajstić information content (AvgIpc) is 2.89. The van der Waals surface area contributed by atoms with Crippen LogP contribution in [-0.2, 0) is 7.05 Å². The van der Waals surface area contributed by atoms with Crippen LogP contribution in [0.25, 0.3) is 22.2 Å². The van der Waals surface area contributed by atoms with Crippen molar-refractivity contribution in [2.24, 2.45) is 7.05 Å². The predicted octanol–water partition coefficient (Wildman–Crippen LogP) is 2.77. The van der Waals surface area contributed by atoms with Crippen molar-refractivity contribution in [1.29, 1.82) is 0 Å². The summed E-state index contributed by atoms with van der Waals surface area (Å²) in [6, 6.07) is 8.28. The fourth-order valence-electron chi connectivity index (χ4n) is 2.41. The van der Waals surface area contributed by atoms with Gasteiger partial charge in [0.1, 0.15) is 5.82 Å². The van der Waals surface area contributed by atoms with Gasteiger partial charge in [-0.1, -0.05) is 12.1 Å². The van der Waals surface area contributed by atoms with E-state index in [2.05, 4.69) is 53.9 Å². The van der Waals surface area contributed by atoms with E-state index < -0.39 is 0 Å². The summed E-state index contributed by atoms with van der Waals surface area (Å²) in [6.45, 7) is 4.30. The Balaban J connectivity index is 2.25. The van der Waals surface area contributed by atoms with Crippen molar-refractivity contribution in [2.45, 2.75) is 13.8 Å². The quantitative estimate of drug-likeness (QED) is 0.687. The molecule has 0 spiro atoms. The minimum atomic E-state index is 0.518. The number of aromatic nitrogens is 3. The Morgan fingerprint density at radius 2 is 2.00 bits per heavy atom. The van der Waals surface area contributed by atoms with E-state index in [-0.39, 0.29) is 0 Å². The molecule has 0 aliphatic heterocycles. The fourth-order valence-corrected chi connectivity index (χ4v) is 2.41. The van der Waals surface area contributed by atoms with Crippen LogP contribution >= 0.6 is 0 Å². The molecule has 18 heavy (non-hydrogen) atoms. The number of aromatic amines is 1. The van der Waals surface area contributed by atoms with E-state index >= 15 is 0 Å². The third kappa shape index (κ3) is 1.42. The SMILES string of the molecule is Cc1c(C)n(C)c2cc(-c3cc(N)n[nH]3)ccc12. The minimum absolute atomic E-state index is 0.518. The van der Waals surface area contributed by atoms with E-state index in [4.69, 9.17) is 5.73 Å². The second-order valence-corrected chi connectivity index (χ2v) is 4.71. The Labute approximate surface area is 105 Å². The Kier molecular flexibility index (Phi) is 2.20. The fraction of sp³-hybridized carbons (Fsp3) is 0.214. The van der Waals surface area contributed by atoms with Crippen molar-refractivity contribution >= 4 is 16.7 Å². The molecule has 92 valence electrons. The molecule has 2 aromatic heterocycles. The molecule has 1 aromatic carbocycles. The van der Waals surface area contributed by atoms with Gasteiger partial charge in [-0.3, -0.25) is 5.10 Å². The van der Waals surface area contributed by atoms with E-state index in [1.165, 1.54) is 22.2 Å². The van der Waals surface area contributed by atoms with Gasteiger partial charge in [0.25, 0.3) is 0 Å². The summed E-state index contributed by atoms with van der Waals surface area (Å²) in [5.41, 5.74) is 11.6. The molecular weight excluding hydrogens is 224 g/mol. The van der Waals surface area contributed by atoms with Crippen LogP contribution in [0.2, 0.25) is 0 Å². The summed E-state index contributed by atoms with van der Waals surface area (Å²) >= 11 is 0. The van der Waals surface area contributed by atoms with Crippen molar-refractivity contribution in [1.82, 2.24) is 14.8 Å². The summed E-state index contributed by atoms with van der Waals surface area (Å²) in [4.78, 5) is 0. The first-order valence-corrected chi connectivity index (χ1v) is 5.95. The number of fused-ring (bicyclic) bond motifs is 1. The number of nitrogens with two attached hydrogens (primary N) is 1. The summed E-state index contributed by atoms with van der Waals surface area (Å²) in [6.07, 6.45) is 0. The maximum absolute atomic E-state index is 5.64. The van der Waals surface area contributed by atoms with Crippen molar-refractivity contribution in [3.63, 3.8) is 0 Å². The highest BCUT2D eigenvalue weighted by molar-refractivity contribution is 5.89. The summed E-state index contributed by atoms with van der Waals surface area (Å²) in [5.74, 6) is 0.518. The van der Waals surface area contributed by atoms with Crippen LogP contribution in [0.1, 0.15) is 11.3 Å². The largest absolute Gasteiger partial charge is 0.382 e. The molecule has 4 nitrogen and oxygen atoms in total. The highest BCUT2D eigenvalue weighted by atomic mass is 15.2. The topological polar surface area (TPSA) is 59.6 Å². The number of nitrogen functional groups attached to an aromatic ring is 1. The second-order valence-electron chi connectivity index (χ2n) is 4.71.